The third-order valence-electron chi connectivity index (χ3n) is 1.000. The second-order valence-electron chi connectivity index (χ2n) is 1.46. The van der Waals surface area contributed by atoms with Crippen molar-refractivity contribution in [2.45, 2.75) is 20.2 Å². The minimum Gasteiger partial charge on any atom is -0.113 e. The van der Waals surface area contributed by atoms with E-state index in [4.69, 9.17) is 0 Å². The summed E-state index contributed by atoms with van der Waals surface area (Å²) in [6, 6.07) is 0. The van der Waals surface area contributed by atoms with Crippen LogP contribution in [0.15, 0.2) is 12.1 Å². The molecule has 0 bridgehead atoms. The van der Waals surface area contributed by atoms with Crippen LogP contribution in [0.5, 0.6) is 0 Å². The summed E-state index contributed by atoms with van der Waals surface area (Å²) < 4.78 is 0. The first-order valence-corrected chi connectivity index (χ1v) is 2.47. The van der Waals surface area contributed by atoms with Crippen molar-refractivity contribution in [2.75, 3.05) is 0 Å². The third-order valence-corrected chi connectivity index (χ3v) is 1.000. The van der Waals surface area contributed by atoms with E-state index < -0.39 is 0 Å². The summed E-state index contributed by atoms with van der Waals surface area (Å²) >= 11 is 0. The lowest BCUT2D eigenvalue weighted by atomic mass is 9.72. The molecule has 0 nitrogen and oxygen atoms in total. The maximum atomic E-state index is 3.79. The highest BCUT2D eigenvalue weighted by Crippen LogP contribution is 1.89. The lowest BCUT2D eigenvalue weighted by molar-refractivity contribution is 1.20. The van der Waals surface area contributed by atoms with Gasteiger partial charge in [-0.15, -0.1) is 12.1 Å². The quantitative estimate of drug-likeness (QED) is 0.441. The minimum atomic E-state index is 1.14. The Morgan fingerprint density at radius 3 is 2.33 bits per heavy atom. The van der Waals surface area contributed by atoms with Gasteiger partial charge in [-0.05, 0) is 6.42 Å². The summed E-state index contributed by atoms with van der Waals surface area (Å²) in [6.07, 6.45) is 1.14. The predicted octanol–water partition coefficient (Wildman–Crippen LogP) is 1.39. The van der Waals surface area contributed by atoms with Gasteiger partial charge < -0.3 is 0 Å². The van der Waals surface area contributed by atoms with E-state index in [1.807, 2.05) is 0 Å². The molecule has 0 radical (unpaired) electrons. The molecule has 0 aromatic carbocycles. The molecular weight excluding hydrogens is 70.9 g/mol. The van der Waals surface area contributed by atoms with E-state index in [1.54, 1.807) is 0 Å². The lowest BCUT2D eigenvalue weighted by Crippen LogP contribution is -1.83. The van der Waals surface area contributed by atoms with Crippen LogP contribution < -0.4 is 0 Å². The Labute approximate surface area is 40.5 Å². The van der Waals surface area contributed by atoms with Crippen LogP contribution in [0.25, 0.3) is 0 Å². The molecular formula is C5H11B. The van der Waals surface area contributed by atoms with Crippen LogP contribution >= 0.6 is 0 Å². The Kier molecular flexibility index (Phi) is 2.92. The standard InChI is InChI=1S/C5H11B/c1-4-5(2)6-3/h6H,2,4H2,1,3H3. The fraction of sp³-hybridized carbons (Fsp3) is 0.600. The van der Waals surface area contributed by atoms with Crippen LogP contribution in [0.3, 0.4) is 0 Å². The molecule has 0 saturated carbocycles. The molecule has 0 fully saturated rings. The molecule has 0 heterocycles. The first-order chi connectivity index (χ1) is 2.81. The van der Waals surface area contributed by atoms with Gasteiger partial charge in [0.1, 0.15) is 7.28 Å². The number of hydrogen-bond donors (Lipinski definition) is 0. The molecule has 0 N–H and O–H groups in total. The first kappa shape index (κ1) is 5.80. The van der Waals surface area contributed by atoms with E-state index >= 15 is 0 Å². The molecule has 0 aromatic heterocycles. The van der Waals surface area contributed by atoms with Crippen molar-refractivity contribution in [3.05, 3.63) is 12.1 Å². The number of rotatable bonds is 2. The molecule has 0 aromatic rings. The van der Waals surface area contributed by atoms with Crippen LogP contribution in [-0.4, -0.2) is 7.28 Å². The second kappa shape index (κ2) is 3.01. The zero-order chi connectivity index (χ0) is 4.99. The summed E-state index contributed by atoms with van der Waals surface area (Å²) in [7, 11) is 1.14. The van der Waals surface area contributed by atoms with Crippen molar-refractivity contribution < 1.29 is 0 Å². The molecule has 0 aliphatic rings. The van der Waals surface area contributed by atoms with Gasteiger partial charge in [-0.1, -0.05) is 13.7 Å². The van der Waals surface area contributed by atoms with Crippen LogP contribution in [0.1, 0.15) is 13.3 Å². The molecule has 0 unspecified atom stereocenters. The maximum Gasteiger partial charge on any atom is 0.148 e. The smallest absolute Gasteiger partial charge is 0.113 e. The highest BCUT2D eigenvalue weighted by atomic mass is 13.7. The van der Waals surface area contributed by atoms with E-state index in [0.717, 1.165) is 13.7 Å². The zero-order valence-electron chi connectivity index (χ0n) is 4.62. The van der Waals surface area contributed by atoms with E-state index in [9.17, 15) is 0 Å². The maximum absolute atomic E-state index is 3.79. The number of hydrogen-bond acceptors (Lipinski definition) is 0. The SMILES string of the molecule is C=C(BC)CC. The van der Waals surface area contributed by atoms with Crippen molar-refractivity contribution in [2.24, 2.45) is 0 Å². The molecule has 34 valence electrons. The van der Waals surface area contributed by atoms with Crippen LogP contribution in [0.4, 0.5) is 0 Å². The topological polar surface area (TPSA) is 0 Å². The van der Waals surface area contributed by atoms with Crippen LogP contribution in [0.2, 0.25) is 6.82 Å². The summed E-state index contributed by atoms with van der Waals surface area (Å²) in [5.41, 5.74) is 1.34. The average molecular weight is 82.0 g/mol. The van der Waals surface area contributed by atoms with E-state index in [0.29, 0.717) is 0 Å². The summed E-state index contributed by atoms with van der Waals surface area (Å²) in [5.74, 6) is 0. The fourth-order valence-corrected chi connectivity index (χ4v) is 0.250. The Hall–Kier alpha value is -0.195. The van der Waals surface area contributed by atoms with Gasteiger partial charge in [-0.3, -0.25) is 0 Å². The van der Waals surface area contributed by atoms with Crippen molar-refractivity contribution in [1.82, 2.24) is 0 Å². The summed E-state index contributed by atoms with van der Waals surface area (Å²) in [4.78, 5) is 0. The lowest BCUT2D eigenvalue weighted by Gasteiger charge is -1.87. The van der Waals surface area contributed by atoms with Crippen molar-refractivity contribution in [1.29, 1.82) is 0 Å². The molecule has 1 heteroatoms. The monoisotopic (exact) mass is 82.1 g/mol. The van der Waals surface area contributed by atoms with Gasteiger partial charge >= 0.3 is 0 Å². The zero-order valence-corrected chi connectivity index (χ0v) is 4.62. The van der Waals surface area contributed by atoms with E-state index in [1.165, 1.54) is 5.47 Å². The Morgan fingerprint density at radius 1 is 1.83 bits per heavy atom. The summed E-state index contributed by atoms with van der Waals surface area (Å²) in [5, 5.41) is 0. The highest BCUT2D eigenvalue weighted by molar-refractivity contribution is 6.43. The molecule has 6 heavy (non-hydrogen) atoms. The van der Waals surface area contributed by atoms with Crippen molar-refractivity contribution >= 4 is 7.28 Å². The molecule has 0 aliphatic carbocycles. The van der Waals surface area contributed by atoms with Gasteiger partial charge in [-0.2, -0.15) is 0 Å². The first-order valence-electron chi connectivity index (χ1n) is 2.47. The Balaban J connectivity index is 2.99. The average Bonchev–Trinajstić information content (AvgIpc) is 1.65. The normalized spacial score (nSPS) is 7.67. The largest absolute Gasteiger partial charge is 0.148 e. The Morgan fingerprint density at radius 2 is 2.33 bits per heavy atom. The van der Waals surface area contributed by atoms with Gasteiger partial charge in [0.2, 0.25) is 0 Å². The van der Waals surface area contributed by atoms with Crippen molar-refractivity contribution in [3.8, 4) is 0 Å². The van der Waals surface area contributed by atoms with Gasteiger partial charge in [0.25, 0.3) is 0 Å². The molecule has 0 atom stereocenters. The van der Waals surface area contributed by atoms with Crippen LogP contribution in [0, 0.1) is 0 Å². The van der Waals surface area contributed by atoms with Crippen molar-refractivity contribution in [3.63, 3.8) is 0 Å². The third kappa shape index (κ3) is 2.07. The summed E-state index contributed by atoms with van der Waals surface area (Å²) in [6.45, 7) is 8.05. The molecule has 0 saturated heterocycles. The Bertz CT molecular complexity index is 41.9. The van der Waals surface area contributed by atoms with Gasteiger partial charge in [-0.25, -0.2) is 0 Å². The molecule has 0 aliphatic heterocycles. The van der Waals surface area contributed by atoms with E-state index in [2.05, 4.69) is 20.3 Å². The second-order valence-corrected chi connectivity index (χ2v) is 1.46. The highest BCUT2D eigenvalue weighted by Gasteiger charge is 1.80. The van der Waals surface area contributed by atoms with Gasteiger partial charge in [0, 0.05) is 0 Å². The predicted molar refractivity (Wildman–Crippen MR) is 32.4 cm³/mol. The van der Waals surface area contributed by atoms with E-state index in [-0.39, 0.29) is 0 Å². The molecule has 0 spiro atoms. The van der Waals surface area contributed by atoms with Crippen LogP contribution in [-0.2, 0) is 0 Å². The molecule has 0 rings (SSSR count). The van der Waals surface area contributed by atoms with Gasteiger partial charge in [0.15, 0.2) is 0 Å². The van der Waals surface area contributed by atoms with Gasteiger partial charge in [0.05, 0.1) is 0 Å². The molecule has 0 amide bonds. The fourth-order valence-electron chi connectivity index (χ4n) is 0.250. The number of allylic oxidation sites excluding steroid dienone is 1. The minimum absolute atomic E-state index is 1.14.